The molecule has 106 valence electrons. The van der Waals surface area contributed by atoms with Crippen molar-refractivity contribution in [2.45, 2.75) is 12.3 Å². The van der Waals surface area contributed by atoms with E-state index in [1.165, 1.54) is 6.07 Å². The Morgan fingerprint density at radius 2 is 2.10 bits per heavy atom. The number of aromatic amines is 1. The predicted octanol–water partition coefficient (Wildman–Crippen LogP) is 3.09. The summed E-state index contributed by atoms with van der Waals surface area (Å²) in [6, 6.07) is 9.04. The molecule has 1 atom stereocenters. The molecule has 1 saturated heterocycles. The normalized spacial score (nSPS) is 18.5. The van der Waals surface area contributed by atoms with Crippen LogP contribution in [0.3, 0.4) is 0 Å². The van der Waals surface area contributed by atoms with Crippen molar-refractivity contribution >= 4 is 16.9 Å². The van der Waals surface area contributed by atoms with Crippen LogP contribution in [0.2, 0.25) is 0 Å². The molecular formula is C16H15FN4. The molecule has 21 heavy (non-hydrogen) atoms. The fourth-order valence-electron chi connectivity index (χ4n) is 3.12. The largest absolute Gasteiger partial charge is 0.355 e. The second kappa shape index (κ2) is 4.84. The maximum absolute atomic E-state index is 13.9. The number of H-pyrrole nitrogens is 1. The highest BCUT2D eigenvalue weighted by Gasteiger charge is 2.27. The first kappa shape index (κ1) is 12.3. The summed E-state index contributed by atoms with van der Waals surface area (Å²) in [7, 11) is 0. The van der Waals surface area contributed by atoms with Gasteiger partial charge < -0.3 is 9.88 Å². The average molecular weight is 282 g/mol. The maximum Gasteiger partial charge on any atom is 0.142 e. The highest BCUT2D eigenvalue weighted by molar-refractivity contribution is 5.87. The highest BCUT2D eigenvalue weighted by Crippen LogP contribution is 2.33. The van der Waals surface area contributed by atoms with Gasteiger partial charge in [-0.05, 0) is 24.1 Å². The molecule has 1 fully saturated rings. The molecule has 1 aliphatic rings. The fraction of sp³-hybridized carbons (Fsp3) is 0.250. The van der Waals surface area contributed by atoms with E-state index in [9.17, 15) is 4.39 Å². The molecule has 1 N–H and O–H groups in total. The molecule has 0 radical (unpaired) electrons. The van der Waals surface area contributed by atoms with Gasteiger partial charge in [0.2, 0.25) is 0 Å². The number of halogens is 1. The number of hydrogen-bond acceptors (Lipinski definition) is 3. The van der Waals surface area contributed by atoms with Gasteiger partial charge in [0.1, 0.15) is 23.6 Å². The summed E-state index contributed by atoms with van der Waals surface area (Å²) in [5.74, 6) is 1.04. The number of hydrogen-bond donors (Lipinski definition) is 1. The Kier molecular flexibility index (Phi) is 2.84. The maximum atomic E-state index is 13.9. The lowest BCUT2D eigenvalue weighted by molar-refractivity contribution is 0.589. The first-order valence-electron chi connectivity index (χ1n) is 7.10. The molecule has 0 bridgehead atoms. The number of benzene rings is 1. The zero-order valence-electron chi connectivity index (χ0n) is 11.5. The molecule has 0 aliphatic carbocycles. The van der Waals surface area contributed by atoms with Crippen molar-refractivity contribution in [3.05, 3.63) is 54.2 Å². The van der Waals surface area contributed by atoms with Gasteiger partial charge in [0.15, 0.2) is 0 Å². The molecule has 2 aromatic heterocycles. The molecular weight excluding hydrogens is 267 g/mol. The highest BCUT2D eigenvalue weighted by atomic mass is 19.1. The second-order valence-corrected chi connectivity index (χ2v) is 5.39. The third-order valence-electron chi connectivity index (χ3n) is 4.17. The molecule has 3 aromatic rings. The van der Waals surface area contributed by atoms with Crippen LogP contribution in [0.4, 0.5) is 10.2 Å². The van der Waals surface area contributed by atoms with E-state index in [0.717, 1.165) is 41.9 Å². The zero-order valence-corrected chi connectivity index (χ0v) is 11.5. The van der Waals surface area contributed by atoms with Crippen LogP contribution in [0.1, 0.15) is 17.9 Å². The van der Waals surface area contributed by atoms with E-state index in [1.807, 2.05) is 24.4 Å². The van der Waals surface area contributed by atoms with Crippen LogP contribution < -0.4 is 4.90 Å². The molecule has 0 spiro atoms. The third-order valence-corrected chi connectivity index (χ3v) is 4.17. The van der Waals surface area contributed by atoms with Gasteiger partial charge in [0, 0.05) is 25.2 Å². The monoisotopic (exact) mass is 282 g/mol. The van der Waals surface area contributed by atoms with Gasteiger partial charge in [-0.25, -0.2) is 14.4 Å². The summed E-state index contributed by atoms with van der Waals surface area (Å²) in [6.07, 6.45) is 4.38. The van der Waals surface area contributed by atoms with E-state index < -0.39 is 0 Å². The molecule has 1 aliphatic heterocycles. The Balaban J connectivity index is 1.65. The standard InChI is InChI=1S/C16H15FN4/c17-14-4-2-1-3-12(14)11-6-8-21(9-11)16-13-5-7-18-15(13)19-10-20-16/h1-5,7,10-11H,6,8-9H2,(H,18,19,20)/t11-/m0/s1. The van der Waals surface area contributed by atoms with Gasteiger partial charge in [-0.3, -0.25) is 0 Å². The minimum Gasteiger partial charge on any atom is -0.355 e. The van der Waals surface area contributed by atoms with Crippen molar-refractivity contribution in [2.75, 3.05) is 18.0 Å². The summed E-state index contributed by atoms with van der Waals surface area (Å²) >= 11 is 0. The van der Waals surface area contributed by atoms with Crippen molar-refractivity contribution in [2.24, 2.45) is 0 Å². The molecule has 0 saturated carbocycles. The van der Waals surface area contributed by atoms with Gasteiger partial charge in [-0.1, -0.05) is 18.2 Å². The number of aromatic nitrogens is 3. The lowest BCUT2D eigenvalue weighted by atomic mass is 9.98. The van der Waals surface area contributed by atoms with E-state index in [0.29, 0.717) is 0 Å². The second-order valence-electron chi connectivity index (χ2n) is 5.39. The van der Waals surface area contributed by atoms with Crippen molar-refractivity contribution in [1.82, 2.24) is 15.0 Å². The summed E-state index contributed by atoms with van der Waals surface area (Å²) in [5, 5.41) is 1.02. The van der Waals surface area contributed by atoms with Crippen molar-refractivity contribution < 1.29 is 4.39 Å². The Labute approximate surface area is 121 Å². The molecule has 0 unspecified atom stereocenters. The molecule has 1 aromatic carbocycles. The first-order chi connectivity index (χ1) is 10.3. The van der Waals surface area contributed by atoms with Crippen LogP contribution in [0.15, 0.2) is 42.9 Å². The van der Waals surface area contributed by atoms with E-state index in [2.05, 4.69) is 19.9 Å². The van der Waals surface area contributed by atoms with Gasteiger partial charge in [0.05, 0.1) is 5.39 Å². The van der Waals surface area contributed by atoms with E-state index in [1.54, 1.807) is 12.4 Å². The van der Waals surface area contributed by atoms with E-state index in [4.69, 9.17) is 0 Å². The SMILES string of the molecule is Fc1ccccc1[C@H]1CCN(c2ncnc3[nH]ccc23)C1. The molecule has 4 rings (SSSR count). The van der Waals surface area contributed by atoms with Crippen molar-refractivity contribution in [3.8, 4) is 0 Å². The van der Waals surface area contributed by atoms with Crippen LogP contribution in [0.5, 0.6) is 0 Å². The summed E-state index contributed by atoms with van der Waals surface area (Å²) in [6.45, 7) is 1.68. The van der Waals surface area contributed by atoms with Crippen molar-refractivity contribution in [1.29, 1.82) is 0 Å². The topological polar surface area (TPSA) is 44.8 Å². The van der Waals surface area contributed by atoms with Gasteiger partial charge in [-0.15, -0.1) is 0 Å². The minimum absolute atomic E-state index is 0.112. The summed E-state index contributed by atoms with van der Waals surface area (Å²) in [4.78, 5) is 13.9. The number of nitrogens with one attached hydrogen (secondary N) is 1. The number of anilines is 1. The lowest BCUT2D eigenvalue weighted by Crippen LogP contribution is -2.20. The smallest absolute Gasteiger partial charge is 0.142 e. The van der Waals surface area contributed by atoms with E-state index >= 15 is 0 Å². The van der Waals surface area contributed by atoms with Crippen LogP contribution in [-0.2, 0) is 0 Å². The predicted molar refractivity (Wildman–Crippen MR) is 79.9 cm³/mol. The first-order valence-corrected chi connectivity index (χ1v) is 7.10. The van der Waals surface area contributed by atoms with Gasteiger partial charge in [0.25, 0.3) is 0 Å². The number of rotatable bonds is 2. The van der Waals surface area contributed by atoms with Crippen LogP contribution in [0.25, 0.3) is 11.0 Å². The molecule has 0 amide bonds. The van der Waals surface area contributed by atoms with E-state index in [-0.39, 0.29) is 11.7 Å². The summed E-state index contributed by atoms with van der Waals surface area (Å²) in [5.41, 5.74) is 1.65. The van der Waals surface area contributed by atoms with Gasteiger partial charge in [-0.2, -0.15) is 0 Å². The lowest BCUT2D eigenvalue weighted by Gasteiger charge is -2.18. The minimum atomic E-state index is -0.112. The zero-order chi connectivity index (χ0) is 14.2. The quantitative estimate of drug-likeness (QED) is 0.785. The molecule has 5 heteroatoms. The Bertz CT molecular complexity index is 783. The number of nitrogens with zero attached hydrogens (tertiary/aromatic N) is 3. The number of fused-ring (bicyclic) bond motifs is 1. The fourth-order valence-corrected chi connectivity index (χ4v) is 3.12. The Morgan fingerprint density at radius 1 is 1.19 bits per heavy atom. The average Bonchev–Trinajstić information content (AvgIpc) is 3.16. The molecule has 3 heterocycles. The third kappa shape index (κ3) is 2.05. The Hall–Kier alpha value is -2.43. The molecule has 4 nitrogen and oxygen atoms in total. The van der Waals surface area contributed by atoms with Crippen LogP contribution in [-0.4, -0.2) is 28.0 Å². The van der Waals surface area contributed by atoms with Crippen LogP contribution in [0, 0.1) is 5.82 Å². The van der Waals surface area contributed by atoms with Gasteiger partial charge >= 0.3 is 0 Å². The van der Waals surface area contributed by atoms with Crippen LogP contribution >= 0.6 is 0 Å². The van der Waals surface area contributed by atoms with Crippen molar-refractivity contribution in [3.63, 3.8) is 0 Å². The summed E-state index contributed by atoms with van der Waals surface area (Å²) < 4.78 is 13.9. The Morgan fingerprint density at radius 3 is 3.00 bits per heavy atom.